The lowest BCUT2D eigenvalue weighted by Crippen LogP contribution is -2.50. The van der Waals surface area contributed by atoms with Crippen molar-refractivity contribution in [3.05, 3.63) is 29.3 Å². The molecule has 0 saturated carbocycles. The van der Waals surface area contributed by atoms with Crippen molar-refractivity contribution in [3.8, 4) is 5.75 Å². The van der Waals surface area contributed by atoms with Crippen LogP contribution in [0.25, 0.3) is 0 Å². The van der Waals surface area contributed by atoms with Crippen molar-refractivity contribution in [2.75, 3.05) is 19.7 Å². The third-order valence-corrected chi connectivity index (χ3v) is 4.91. The first kappa shape index (κ1) is 14.6. The molecule has 3 heteroatoms. The van der Waals surface area contributed by atoms with Gasteiger partial charge in [0.05, 0.1) is 17.7 Å². The van der Waals surface area contributed by atoms with E-state index in [1.165, 1.54) is 31.2 Å². The van der Waals surface area contributed by atoms with Gasteiger partial charge in [-0.2, -0.15) is 0 Å². The Bertz CT molecular complexity index is 528. The summed E-state index contributed by atoms with van der Waals surface area (Å²) in [7, 11) is 0. The maximum Gasteiger partial charge on any atom is 0.186 e. The summed E-state index contributed by atoms with van der Waals surface area (Å²) in [5.41, 5.74) is 1.48. The number of likely N-dealkylation sites (tertiary alicyclic amines) is 1. The van der Waals surface area contributed by atoms with E-state index in [9.17, 15) is 4.79 Å². The third-order valence-electron chi connectivity index (χ3n) is 4.91. The third kappa shape index (κ3) is 2.71. The first-order valence-corrected chi connectivity index (χ1v) is 8.15. The second-order valence-electron chi connectivity index (χ2n) is 6.68. The number of ether oxygens (including phenoxy) is 1. The lowest BCUT2D eigenvalue weighted by atomic mass is 9.89. The van der Waals surface area contributed by atoms with E-state index in [2.05, 4.69) is 24.8 Å². The predicted octanol–water partition coefficient (Wildman–Crippen LogP) is 3.46. The number of hydrogen-bond donors (Lipinski definition) is 0. The number of carbonyl (C=O) groups excluding carboxylic acids is 1. The fraction of sp³-hybridized carbons (Fsp3) is 0.611. The number of benzene rings is 1. The van der Waals surface area contributed by atoms with Crippen LogP contribution < -0.4 is 4.74 Å². The van der Waals surface area contributed by atoms with Crippen molar-refractivity contribution in [2.24, 2.45) is 0 Å². The summed E-state index contributed by atoms with van der Waals surface area (Å²) in [4.78, 5) is 15.5. The Labute approximate surface area is 127 Å². The Morgan fingerprint density at radius 1 is 1.14 bits per heavy atom. The van der Waals surface area contributed by atoms with Gasteiger partial charge in [-0.1, -0.05) is 25.0 Å². The number of fused-ring (bicyclic) bond motifs is 1. The Morgan fingerprint density at radius 2 is 1.86 bits per heavy atom. The van der Waals surface area contributed by atoms with E-state index >= 15 is 0 Å². The van der Waals surface area contributed by atoms with Gasteiger partial charge < -0.3 is 4.74 Å². The summed E-state index contributed by atoms with van der Waals surface area (Å²) in [6.07, 6.45) is 5.87. The SMILES string of the molecule is CC(C)(C(=O)c1cccc2c1OCC2)N1CCCCCC1. The van der Waals surface area contributed by atoms with Gasteiger partial charge in [-0.3, -0.25) is 9.69 Å². The van der Waals surface area contributed by atoms with Gasteiger partial charge in [-0.25, -0.2) is 0 Å². The number of carbonyl (C=O) groups is 1. The van der Waals surface area contributed by atoms with Gasteiger partial charge in [0.2, 0.25) is 0 Å². The molecule has 0 amide bonds. The summed E-state index contributed by atoms with van der Waals surface area (Å²) < 4.78 is 5.72. The molecule has 0 spiro atoms. The minimum Gasteiger partial charge on any atom is -0.492 e. The molecule has 2 aliphatic rings. The number of rotatable bonds is 3. The summed E-state index contributed by atoms with van der Waals surface area (Å²) >= 11 is 0. The van der Waals surface area contributed by atoms with E-state index in [1.807, 2.05) is 12.1 Å². The average molecular weight is 287 g/mol. The van der Waals surface area contributed by atoms with Gasteiger partial charge in [-0.15, -0.1) is 0 Å². The number of Topliss-reactive ketones (excluding diaryl/α,β-unsaturated/α-hetero) is 1. The van der Waals surface area contributed by atoms with Crippen molar-refractivity contribution in [3.63, 3.8) is 0 Å². The van der Waals surface area contributed by atoms with Crippen molar-refractivity contribution in [1.29, 1.82) is 0 Å². The number of para-hydroxylation sites is 1. The van der Waals surface area contributed by atoms with Gasteiger partial charge >= 0.3 is 0 Å². The van der Waals surface area contributed by atoms with Gasteiger partial charge in [0.15, 0.2) is 5.78 Å². The molecule has 2 heterocycles. The first-order valence-electron chi connectivity index (χ1n) is 8.15. The molecule has 0 radical (unpaired) electrons. The molecule has 3 rings (SSSR count). The fourth-order valence-corrected chi connectivity index (χ4v) is 3.50. The smallest absolute Gasteiger partial charge is 0.186 e. The molecule has 1 saturated heterocycles. The summed E-state index contributed by atoms with van der Waals surface area (Å²) in [6, 6.07) is 5.98. The fourth-order valence-electron chi connectivity index (χ4n) is 3.50. The minimum absolute atomic E-state index is 0.197. The van der Waals surface area contributed by atoms with Gasteiger partial charge in [0.1, 0.15) is 5.75 Å². The van der Waals surface area contributed by atoms with Crippen LogP contribution in [-0.2, 0) is 6.42 Å². The molecular weight excluding hydrogens is 262 g/mol. The van der Waals surface area contributed by atoms with Crippen LogP contribution in [0.1, 0.15) is 55.5 Å². The van der Waals surface area contributed by atoms with Crippen molar-refractivity contribution < 1.29 is 9.53 Å². The molecule has 0 unspecified atom stereocenters. The van der Waals surface area contributed by atoms with Crippen LogP contribution in [0.4, 0.5) is 0 Å². The van der Waals surface area contributed by atoms with Crippen LogP contribution in [0.2, 0.25) is 0 Å². The van der Waals surface area contributed by atoms with E-state index in [1.54, 1.807) is 0 Å². The topological polar surface area (TPSA) is 29.5 Å². The maximum atomic E-state index is 13.1. The molecule has 1 aromatic rings. The minimum atomic E-state index is -0.453. The van der Waals surface area contributed by atoms with Crippen LogP contribution in [0.15, 0.2) is 18.2 Å². The molecule has 114 valence electrons. The van der Waals surface area contributed by atoms with Gasteiger partial charge in [0, 0.05) is 6.42 Å². The summed E-state index contributed by atoms with van der Waals surface area (Å²) in [5.74, 6) is 1.02. The largest absolute Gasteiger partial charge is 0.492 e. The second-order valence-corrected chi connectivity index (χ2v) is 6.68. The lowest BCUT2D eigenvalue weighted by Gasteiger charge is -2.36. The van der Waals surface area contributed by atoms with Crippen LogP contribution in [0, 0.1) is 0 Å². The van der Waals surface area contributed by atoms with Crippen molar-refractivity contribution >= 4 is 5.78 Å². The molecule has 2 aliphatic heterocycles. The standard InChI is InChI=1S/C18H25NO2/c1-18(2,19-11-5-3-4-6-12-19)17(20)15-9-7-8-14-10-13-21-16(14)15/h7-9H,3-6,10-13H2,1-2H3. The Morgan fingerprint density at radius 3 is 2.57 bits per heavy atom. The quantitative estimate of drug-likeness (QED) is 0.797. The molecule has 0 aliphatic carbocycles. The van der Waals surface area contributed by atoms with Crippen molar-refractivity contribution in [2.45, 2.75) is 51.5 Å². The summed E-state index contributed by atoms with van der Waals surface area (Å²) in [5, 5.41) is 0. The molecule has 0 aromatic heterocycles. The average Bonchev–Trinajstić information content (AvgIpc) is 2.79. The molecule has 0 atom stereocenters. The second kappa shape index (κ2) is 5.80. The molecule has 3 nitrogen and oxygen atoms in total. The van der Waals surface area contributed by atoms with Gasteiger partial charge in [0.25, 0.3) is 0 Å². The molecule has 0 N–H and O–H groups in total. The number of nitrogens with zero attached hydrogens (tertiary/aromatic N) is 1. The molecule has 21 heavy (non-hydrogen) atoms. The lowest BCUT2D eigenvalue weighted by molar-refractivity contribution is 0.0646. The number of ketones is 1. The normalized spacial score (nSPS) is 19.7. The molecule has 1 fully saturated rings. The molecular formula is C18H25NO2. The van der Waals surface area contributed by atoms with E-state index in [4.69, 9.17) is 4.74 Å². The van der Waals surface area contributed by atoms with E-state index < -0.39 is 5.54 Å². The van der Waals surface area contributed by atoms with Crippen molar-refractivity contribution in [1.82, 2.24) is 4.90 Å². The maximum absolute atomic E-state index is 13.1. The predicted molar refractivity (Wildman–Crippen MR) is 84.1 cm³/mol. The van der Waals surface area contributed by atoms with Crippen LogP contribution in [0.5, 0.6) is 5.75 Å². The zero-order valence-electron chi connectivity index (χ0n) is 13.2. The highest BCUT2D eigenvalue weighted by Crippen LogP contribution is 2.33. The van der Waals surface area contributed by atoms with Crippen LogP contribution >= 0.6 is 0 Å². The zero-order chi connectivity index (χ0) is 14.9. The highest BCUT2D eigenvalue weighted by atomic mass is 16.5. The Kier molecular flexibility index (Phi) is 4.03. The molecule has 0 bridgehead atoms. The van der Waals surface area contributed by atoms with Crippen LogP contribution in [0.3, 0.4) is 0 Å². The Balaban J connectivity index is 1.88. The monoisotopic (exact) mass is 287 g/mol. The van der Waals surface area contributed by atoms with E-state index in [0.717, 1.165) is 30.8 Å². The highest BCUT2D eigenvalue weighted by molar-refractivity contribution is 6.05. The van der Waals surface area contributed by atoms with E-state index in [-0.39, 0.29) is 5.78 Å². The van der Waals surface area contributed by atoms with E-state index in [0.29, 0.717) is 6.61 Å². The highest BCUT2D eigenvalue weighted by Gasteiger charge is 2.37. The summed E-state index contributed by atoms with van der Waals surface area (Å²) in [6.45, 7) is 6.87. The first-order chi connectivity index (χ1) is 10.1. The molecule has 1 aromatic carbocycles. The Hall–Kier alpha value is -1.35. The van der Waals surface area contributed by atoms with Gasteiger partial charge in [-0.05, 0) is 51.4 Å². The number of hydrogen-bond acceptors (Lipinski definition) is 3. The van der Waals surface area contributed by atoms with Crippen LogP contribution in [-0.4, -0.2) is 35.9 Å². The zero-order valence-corrected chi connectivity index (χ0v) is 13.2.